The van der Waals surface area contributed by atoms with E-state index < -0.39 is 29.3 Å². The zero-order valence-corrected chi connectivity index (χ0v) is 20.9. The van der Waals surface area contributed by atoms with Gasteiger partial charge in [-0.2, -0.15) is 0 Å². The molecule has 0 spiro atoms. The molecule has 2 fully saturated rings. The second-order valence-corrected chi connectivity index (χ2v) is 12.2. The minimum absolute atomic E-state index is 0.00264. The van der Waals surface area contributed by atoms with Gasteiger partial charge in [-0.15, -0.1) is 0 Å². The molecule has 0 saturated heterocycles. The normalized spacial score (nSPS) is 47.9. The molecule has 10 atom stereocenters. The number of ketones is 1. The van der Waals surface area contributed by atoms with Crippen LogP contribution in [0.3, 0.4) is 0 Å². The highest BCUT2D eigenvalue weighted by atomic mass is 16.6. The van der Waals surface area contributed by atoms with E-state index in [-0.39, 0.29) is 40.8 Å². The summed E-state index contributed by atoms with van der Waals surface area (Å²) in [6.45, 7) is 9.65. The van der Waals surface area contributed by atoms with E-state index in [0.717, 1.165) is 31.3 Å². The summed E-state index contributed by atoms with van der Waals surface area (Å²) in [5, 5.41) is 33.8. The Morgan fingerprint density at radius 3 is 2.47 bits per heavy atom. The van der Waals surface area contributed by atoms with Crippen LogP contribution in [0.25, 0.3) is 0 Å². The highest BCUT2D eigenvalue weighted by Gasteiger charge is 2.65. The third-order valence-electron chi connectivity index (χ3n) is 10.7. The van der Waals surface area contributed by atoms with Crippen molar-refractivity contribution in [1.29, 1.82) is 0 Å². The van der Waals surface area contributed by atoms with E-state index in [1.54, 1.807) is 13.0 Å². The number of carbonyl (C=O) groups is 2. The average molecular weight is 471 g/mol. The van der Waals surface area contributed by atoms with E-state index in [9.17, 15) is 24.9 Å². The van der Waals surface area contributed by atoms with E-state index in [1.165, 1.54) is 12.2 Å². The Bertz CT molecular complexity index is 1020. The van der Waals surface area contributed by atoms with Crippen LogP contribution in [-0.4, -0.2) is 51.0 Å². The molecule has 1 aliphatic heterocycles. The van der Waals surface area contributed by atoms with Crippen LogP contribution in [0.5, 0.6) is 0 Å². The van der Waals surface area contributed by atoms with Crippen molar-refractivity contribution in [3.05, 3.63) is 34.9 Å². The molecule has 4 aliphatic carbocycles. The van der Waals surface area contributed by atoms with Crippen molar-refractivity contribution < 1.29 is 29.6 Å². The van der Waals surface area contributed by atoms with Crippen LogP contribution in [0.2, 0.25) is 0 Å². The summed E-state index contributed by atoms with van der Waals surface area (Å²) >= 11 is 0. The molecule has 3 N–H and O–H groups in total. The van der Waals surface area contributed by atoms with E-state index >= 15 is 0 Å². The van der Waals surface area contributed by atoms with Gasteiger partial charge in [-0.3, -0.25) is 4.79 Å². The van der Waals surface area contributed by atoms with E-state index in [1.807, 2.05) is 20.8 Å². The van der Waals surface area contributed by atoms with Crippen molar-refractivity contribution >= 4 is 11.8 Å². The number of esters is 1. The van der Waals surface area contributed by atoms with E-state index in [0.29, 0.717) is 17.6 Å². The fraction of sp³-hybridized carbons (Fsp3) is 0.714. The lowest BCUT2D eigenvalue weighted by molar-refractivity contribution is -0.184. The van der Waals surface area contributed by atoms with Crippen molar-refractivity contribution in [3.63, 3.8) is 0 Å². The van der Waals surface area contributed by atoms with Gasteiger partial charge in [-0.1, -0.05) is 18.6 Å². The van der Waals surface area contributed by atoms with Gasteiger partial charge < -0.3 is 20.1 Å². The van der Waals surface area contributed by atoms with Crippen molar-refractivity contribution in [2.75, 3.05) is 0 Å². The summed E-state index contributed by atoms with van der Waals surface area (Å²) in [6.07, 6.45) is 6.27. The number of aliphatic hydroxyl groups is 3. The van der Waals surface area contributed by atoms with Gasteiger partial charge in [0.2, 0.25) is 0 Å². The Morgan fingerprint density at radius 2 is 1.79 bits per heavy atom. The van der Waals surface area contributed by atoms with Gasteiger partial charge in [-0.25, -0.2) is 4.79 Å². The summed E-state index contributed by atoms with van der Waals surface area (Å²) in [6, 6.07) is 0. The summed E-state index contributed by atoms with van der Waals surface area (Å²) in [7, 11) is 0. The molecule has 5 unspecified atom stereocenters. The van der Waals surface area contributed by atoms with Crippen LogP contribution in [0.4, 0.5) is 0 Å². The van der Waals surface area contributed by atoms with Crippen LogP contribution in [0.15, 0.2) is 34.9 Å². The molecule has 2 saturated carbocycles. The van der Waals surface area contributed by atoms with Gasteiger partial charge in [0.1, 0.15) is 11.7 Å². The summed E-state index contributed by atoms with van der Waals surface area (Å²) in [5.74, 6) is -0.491. The molecule has 0 radical (unpaired) electrons. The van der Waals surface area contributed by atoms with Crippen LogP contribution in [0, 0.1) is 34.5 Å². The zero-order chi connectivity index (χ0) is 24.8. The van der Waals surface area contributed by atoms with Crippen LogP contribution in [0.1, 0.15) is 66.7 Å². The SMILES string of the molecule is CC1=C(C)C(=O)O[C@@H]([C@](C)(O)C2CCC3C4C(O)C=C5[C@@H](O)C=CC(=O)[C@]5(C)C4CC[C@@]32C)C1. The van der Waals surface area contributed by atoms with E-state index in [4.69, 9.17) is 4.74 Å². The lowest BCUT2D eigenvalue weighted by atomic mass is 9.46. The molecule has 34 heavy (non-hydrogen) atoms. The van der Waals surface area contributed by atoms with Crippen molar-refractivity contribution in [3.8, 4) is 0 Å². The predicted molar refractivity (Wildman–Crippen MR) is 126 cm³/mol. The first-order valence-electron chi connectivity index (χ1n) is 12.7. The van der Waals surface area contributed by atoms with Gasteiger partial charge in [0, 0.05) is 12.0 Å². The highest BCUT2D eigenvalue weighted by Crippen LogP contribution is 2.67. The largest absolute Gasteiger partial charge is 0.456 e. The maximum absolute atomic E-state index is 13.1. The molecule has 0 aromatic carbocycles. The Balaban J connectivity index is 1.48. The molecular formula is C28H38O6. The second kappa shape index (κ2) is 7.62. The number of hydrogen-bond donors (Lipinski definition) is 3. The molecule has 6 nitrogen and oxygen atoms in total. The van der Waals surface area contributed by atoms with Crippen LogP contribution >= 0.6 is 0 Å². The topological polar surface area (TPSA) is 104 Å². The number of aliphatic hydroxyl groups excluding tert-OH is 2. The Morgan fingerprint density at radius 1 is 1.09 bits per heavy atom. The summed E-state index contributed by atoms with van der Waals surface area (Å²) in [4.78, 5) is 25.5. The molecule has 0 aromatic heterocycles. The van der Waals surface area contributed by atoms with Crippen LogP contribution < -0.4 is 0 Å². The van der Waals surface area contributed by atoms with Gasteiger partial charge in [0.15, 0.2) is 5.78 Å². The minimum atomic E-state index is -1.20. The van der Waals surface area contributed by atoms with E-state index in [2.05, 4.69) is 6.92 Å². The highest BCUT2D eigenvalue weighted by molar-refractivity contribution is 5.99. The fourth-order valence-electron chi connectivity index (χ4n) is 8.59. The number of ether oxygens (including phenoxy) is 1. The van der Waals surface area contributed by atoms with Crippen LogP contribution in [-0.2, 0) is 14.3 Å². The Kier molecular flexibility index (Phi) is 5.37. The maximum Gasteiger partial charge on any atom is 0.334 e. The molecule has 6 heteroatoms. The first-order chi connectivity index (χ1) is 15.8. The molecule has 1 heterocycles. The lowest BCUT2D eigenvalue weighted by Gasteiger charge is -2.59. The summed E-state index contributed by atoms with van der Waals surface area (Å²) < 4.78 is 5.73. The van der Waals surface area contributed by atoms with Crippen molar-refractivity contribution in [1.82, 2.24) is 0 Å². The first-order valence-corrected chi connectivity index (χ1v) is 12.7. The standard InChI is InChI=1S/C28H38O6/c1-14-12-23(34-25(32)15(14)2)28(5,33)21-8-6-16-24-17(10-11-26(16,21)3)27(4)18(13-20(24)30)19(29)7-9-22(27)31/h7,9,13,16-17,19-21,23-24,29-30,33H,6,8,10-12H2,1-5H3/t16?,17?,19-,20?,21?,23+,24?,26-,27+,28+/m0/s1. The number of allylic oxidation sites excluding steroid dienone is 1. The minimum Gasteiger partial charge on any atom is -0.456 e. The monoisotopic (exact) mass is 470 g/mol. The van der Waals surface area contributed by atoms with Gasteiger partial charge in [0.05, 0.1) is 17.6 Å². The third-order valence-corrected chi connectivity index (χ3v) is 10.7. The molecular weight excluding hydrogens is 432 g/mol. The van der Waals surface area contributed by atoms with Gasteiger partial charge >= 0.3 is 5.97 Å². The third kappa shape index (κ3) is 3.04. The second-order valence-electron chi connectivity index (χ2n) is 12.2. The molecule has 186 valence electrons. The first kappa shape index (κ1) is 24.0. The molecule has 0 aromatic rings. The predicted octanol–water partition coefficient (Wildman–Crippen LogP) is 3.26. The number of carbonyl (C=O) groups excluding carboxylic acids is 2. The lowest BCUT2D eigenvalue weighted by Crippen LogP contribution is -2.60. The zero-order valence-electron chi connectivity index (χ0n) is 20.9. The Hall–Kier alpha value is -1.76. The number of hydrogen-bond acceptors (Lipinski definition) is 6. The Labute approximate surface area is 201 Å². The number of rotatable bonds is 2. The number of cyclic esters (lactones) is 1. The molecule has 5 rings (SSSR count). The van der Waals surface area contributed by atoms with Gasteiger partial charge in [0.25, 0.3) is 0 Å². The van der Waals surface area contributed by atoms with Gasteiger partial charge in [-0.05, 0) is 100 Å². The number of fused-ring (bicyclic) bond motifs is 5. The molecule has 0 amide bonds. The van der Waals surface area contributed by atoms with Crippen molar-refractivity contribution in [2.45, 2.75) is 90.6 Å². The smallest absolute Gasteiger partial charge is 0.334 e. The maximum atomic E-state index is 13.1. The fourth-order valence-corrected chi connectivity index (χ4v) is 8.59. The van der Waals surface area contributed by atoms with Crippen molar-refractivity contribution in [2.24, 2.45) is 34.5 Å². The molecule has 0 bridgehead atoms. The average Bonchev–Trinajstić information content (AvgIpc) is 3.14. The molecule has 5 aliphatic rings. The summed E-state index contributed by atoms with van der Waals surface area (Å²) in [5.41, 5.74) is -0.0455. The quantitative estimate of drug-likeness (QED) is 0.423.